The van der Waals surface area contributed by atoms with Gasteiger partial charge in [-0.1, -0.05) is 30.0 Å². The van der Waals surface area contributed by atoms with Gasteiger partial charge in [0, 0.05) is 4.90 Å². The Hall–Kier alpha value is -0.630. The summed E-state index contributed by atoms with van der Waals surface area (Å²) < 4.78 is 30.3. The third-order valence-corrected chi connectivity index (χ3v) is 5.60. The lowest BCUT2D eigenvalue weighted by molar-refractivity contribution is -0.198. The Morgan fingerprint density at radius 2 is 1.58 bits per heavy atom. The fourth-order valence-electron chi connectivity index (χ4n) is 3.50. The summed E-state index contributed by atoms with van der Waals surface area (Å²) in [4.78, 5) is 1.15. The fraction of sp³-hybridized carbons (Fsp3) is 0.667. The second kappa shape index (κ2) is 5.97. The van der Waals surface area contributed by atoms with Crippen molar-refractivity contribution in [1.29, 1.82) is 0 Å². The first-order chi connectivity index (χ1) is 11.3. The van der Waals surface area contributed by atoms with Crippen LogP contribution in [0.1, 0.15) is 27.7 Å². The average Bonchev–Trinajstić information content (AvgIpc) is 3.12. The maximum Gasteiger partial charge on any atom is 0.164 e. The monoisotopic (exact) mass is 352 g/mol. The number of fused-ring (bicyclic) bond motifs is 1. The summed E-state index contributed by atoms with van der Waals surface area (Å²) in [5.74, 6) is -1.19. The maximum atomic E-state index is 6.31. The lowest BCUT2D eigenvalue weighted by Gasteiger charge is -2.26. The quantitative estimate of drug-likeness (QED) is 0.833. The summed E-state index contributed by atoms with van der Waals surface area (Å²) in [6.07, 6.45) is -0.614. The van der Waals surface area contributed by atoms with Crippen LogP contribution in [0.5, 0.6) is 0 Å². The van der Waals surface area contributed by atoms with Crippen LogP contribution in [0, 0.1) is 0 Å². The molecule has 0 N–H and O–H groups in total. The molecule has 2 unspecified atom stereocenters. The van der Waals surface area contributed by atoms with Gasteiger partial charge in [-0.05, 0) is 39.8 Å². The summed E-state index contributed by atoms with van der Waals surface area (Å²) in [6, 6.07) is 10.2. The van der Waals surface area contributed by atoms with E-state index in [4.69, 9.17) is 23.7 Å². The summed E-state index contributed by atoms with van der Waals surface area (Å²) in [7, 11) is 0. The second-order valence-corrected chi connectivity index (χ2v) is 8.50. The van der Waals surface area contributed by atoms with Gasteiger partial charge in [0.2, 0.25) is 0 Å². The highest BCUT2D eigenvalue weighted by Crippen LogP contribution is 2.46. The molecule has 3 heterocycles. The molecule has 0 bridgehead atoms. The van der Waals surface area contributed by atoms with Crippen LogP contribution in [0.4, 0.5) is 0 Å². The van der Waals surface area contributed by atoms with Crippen molar-refractivity contribution in [3.8, 4) is 0 Å². The summed E-state index contributed by atoms with van der Waals surface area (Å²) >= 11 is 1.67. The Morgan fingerprint density at radius 1 is 0.875 bits per heavy atom. The topological polar surface area (TPSA) is 46.2 Å². The van der Waals surface area contributed by atoms with Crippen molar-refractivity contribution in [1.82, 2.24) is 0 Å². The molecule has 0 amide bonds. The van der Waals surface area contributed by atoms with E-state index in [1.54, 1.807) is 11.8 Å². The summed E-state index contributed by atoms with van der Waals surface area (Å²) in [5, 5.41) is 0. The van der Waals surface area contributed by atoms with Gasteiger partial charge in [0.05, 0.1) is 6.61 Å². The van der Waals surface area contributed by atoms with E-state index in [2.05, 4.69) is 12.1 Å². The van der Waals surface area contributed by atoms with Crippen molar-refractivity contribution in [3.63, 3.8) is 0 Å². The molecule has 0 radical (unpaired) electrons. The molecule has 3 fully saturated rings. The third kappa shape index (κ3) is 3.23. The lowest BCUT2D eigenvalue weighted by atomic mass is 10.1. The van der Waals surface area contributed by atoms with Crippen LogP contribution in [0.3, 0.4) is 0 Å². The number of thioether (sulfide) groups is 1. The van der Waals surface area contributed by atoms with E-state index in [0.29, 0.717) is 6.61 Å². The normalized spacial score (nSPS) is 39.9. The number of benzene rings is 1. The molecule has 132 valence electrons. The van der Waals surface area contributed by atoms with Gasteiger partial charge in [0.15, 0.2) is 11.6 Å². The van der Waals surface area contributed by atoms with E-state index in [1.165, 1.54) is 0 Å². The van der Waals surface area contributed by atoms with E-state index >= 15 is 0 Å². The lowest BCUT2D eigenvalue weighted by Crippen LogP contribution is -2.40. The van der Waals surface area contributed by atoms with Gasteiger partial charge < -0.3 is 23.7 Å². The first-order valence-electron chi connectivity index (χ1n) is 8.38. The molecule has 0 aliphatic carbocycles. The van der Waals surface area contributed by atoms with Crippen LogP contribution >= 0.6 is 11.8 Å². The van der Waals surface area contributed by atoms with E-state index < -0.39 is 11.6 Å². The molecule has 0 aromatic heterocycles. The van der Waals surface area contributed by atoms with E-state index in [9.17, 15) is 0 Å². The predicted octanol–water partition coefficient (Wildman–Crippen LogP) is 3.18. The number of ether oxygens (including phenoxy) is 5. The third-order valence-electron chi connectivity index (χ3n) is 4.44. The maximum absolute atomic E-state index is 6.31. The average molecular weight is 352 g/mol. The molecule has 6 heteroatoms. The van der Waals surface area contributed by atoms with E-state index in [-0.39, 0.29) is 29.9 Å². The van der Waals surface area contributed by atoms with Gasteiger partial charge in [-0.25, -0.2) is 0 Å². The molecule has 1 aromatic carbocycles. The van der Waals surface area contributed by atoms with Crippen LogP contribution in [-0.4, -0.2) is 48.0 Å². The van der Waals surface area contributed by atoms with Crippen LogP contribution in [-0.2, 0) is 23.7 Å². The molecule has 3 saturated heterocycles. The summed E-state index contributed by atoms with van der Waals surface area (Å²) in [5.41, 5.74) is -0.128. The van der Waals surface area contributed by atoms with Crippen LogP contribution in [0.2, 0.25) is 0 Å². The van der Waals surface area contributed by atoms with Gasteiger partial charge in [0.25, 0.3) is 0 Å². The van der Waals surface area contributed by atoms with Crippen LogP contribution in [0.25, 0.3) is 0 Å². The molecule has 0 saturated carbocycles. The largest absolute Gasteiger partial charge is 0.356 e. The molecule has 4 rings (SSSR count). The minimum absolute atomic E-state index is 0.123. The second-order valence-electron chi connectivity index (χ2n) is 7.33. The van der Waals surface area contributed by atoms with Gasteiger partial charge in [-0.2, -0.15) is 0 Å². The fourth-order valence-corrected chi connectivity index (χ4v) is 4.61. The molecule has 5 atom stereocenters. The standard InChI is InChI=1S/C18H24O5S/c1-17(2)19-10-12(21-17)13-14-15(23-18(3,4)22-14)16(20-13)24-11-8-6-5-7-9-11/h5-9,12-16H,10H2,1-4H3/t12?,13-,14?,15-,16+/m1/s1. The number of rotatable bonds is 3. The van der Waals surface area contributed by atoms with Crippen molar-refractivity contribution in [2.24, 2.45) is 0 Å². The minimum atomic E-state index is -0.609. The Kier molecular flexibility index (Phi) is 4.18. The molecule has 3 aliphatic heterocycles. The molecular weight excluding hydrogens is 328 g/mol. The zero-order valence-electron chi connectivity index (χ0n) is 14.4. The smallest absolute Gasteiger partial charge is 0.164 e. The Morgan fingerprint density at radius 3 is 2.25 bits per heavy atom. The molecule has 1 aromatic rings. The number of hydrogen-bond acceptors (Lipinski definition) is 6. The highest BCUT2D eigenvalue weighted by Gasteiger charge is 2.59. The first-order valence-corrected chi connectivity index (χ1v) is 9.26. The highest BCUT2D eigenvalue weighted by molar-refractivity contribution is 7.99. The first kappa shape index (κ1) is 16.8. The van der Waals surface area contributed by atoms with E-state index in [1.807, 2.05) is 45.9 Å². The zero-order valence-corrected chi connectivity index (χ0v) is 15.2. The summed E-state index contributed by atoms with van der Waals surface area (Å²) in [6.45, 7) is 8.25. The predicted molar refractivity (Wildman–Crippen MR) is 89.7 cm³/mol. The molecule has 3 aliphatic rings. The molecule has 0 spiro atoms. The van der Waals surface area contributed by atoms with Crippen LogP contribution < -0.4 is 0 Å². The van der Waals surface area contributed by atoms with Gasteiger partial charge in [-0.15, -0.1) is 0 Å². The minimum Gasteiger partial charge on any atom is -0.356 e. The Bertz CT molecular complexity index is 590. The highest BCUT2D eigenvalue weighted by atomic mass is 32.2. The van der Waals surface area contributed by atoms with Crippen molar-refractivity contribution in [2.45, 2.75) is 74.0 Å². The Balaban J connectivity index is 1.54. The molecular formula is C18H24O5S. The van der Waals surface area contributed by atoms with Gasteiger partial charge in [-0.3, -0.25) is 0 Å². The van der Waals surface area contributed by atoms with Crippen molar-refractivity contribution >= 4 is 11.8 Å². The molecule has 24 heavy (non-hydrogen) atoms. The van der Waals surface area contributed by atoms with Crippen LogP contribution in [0.15, 0.2) is 35.2 Å². The van der Waals surface area contributed by atoms with Crippen molar-refractivity contribution < 1.29 is 23.7 Å². The number of hydrogen-bond donors (Lipinski definition) is 0. The Labute approximate surface area is 146 Å². The zero-order chi connectivity index (χ0) is 16.9. The molecule has 5 nitrogen and oxygen atoms in total. The van der Waals surface area contributed by atoms with Gasteiger partial charge >= 0.3 is 0 Å². The van der Waals surface area contributed by atoms with Crippen molar-refractivity contribution in [3.05, 3.63) is 30.3 Å². The van der Waals surface area contributed by atoms with Crippen molar-refractivity contribution in [2.75, 3.05) is 6.61 Å². The van der Waals surface area contributed by atoms with E-state index in [0.717, 1.165) is 4.90 Å². The SMILES string of the molecule is CC1(C)OCC([C@H]2O[C@@H](Sc3ccccc3)[C@@H]3OC(C)(C)OC23)O1. The van der Waals surface area contributed by atoms with Gasteiger partial charge in [0.1, 0.15) is 29.9 Å².